The summed E-state index contributed by atoms with van der Waals surface area (Å²) in [6, 6.07) is 4.57. The molecule has 1 atom stereocenters. The van der Waals surface area contributed by atoms with Gasteiger partial charge in [-0.3, -0.25) is 0 Å². The van der Waals surface area contributed by atoms with Crippen LogP contribution in [0.4, 0.5) is 4.39 Å². The maximum atomic E-state index is 13.3. The quantitative estimate of drug-likeness (QED) is 0.862. The van der Waals surface area contributed by atoms with Gasteiger partial charge >= 0.3 is 0 Å². The zero-order valence-electron chi connectivity index (χ0n) is 6.84. The Balaban J connectivity index is 0.00000144. The molecule has 0 aliphatic carbocycles. The SMILES string of the molecule is Cl.NC[C@H](N)c1cccc(Br)c1F. The van der Waals surface area contributed by atoms with Crippen molar-refractivity contribution in [1.82, 2.24) is 0 Å². The molecule has 0 aliphatic heterocycles. The number of hydrogen-bond donors (Lipinski definition) is 2. The third-order valence-electron chi connectivity index (χ3n) is 1.63. The molecule has 0 fully saturated rings. The lowest BCUT2D eigenvalue weighted by molar-refractivity contribution is 0.578. The van der Waals surface area contributed by atoms with E-state index in [1.54, 1.807) is 18.2 Å². The molecular formula is C8H11BrClFN2. The Morgan fingerprint density at radius 2 is 2.08 bits per heavy atom. The van der Waals surface area contributed by atoms with Crippen molar-refractivity contribution in [3.8, 4) is 0 Å². The molecule has 0 saturated carbocycles. The van der Waals surface area contributed by atoms with Crippen LogP contribution in [0.15, 0.2) is 22.7 Å². The lowest BCUT2D eigenvalue weighted by Crippen LogP contribution is -2.21. The van der Waals surface area contributed by atoms with Gasteiger partial charge in [0.2, 0.25) is 0 Å². The topological polar surface area (TPSA) is 52.0 Å². The van der Waals surface area contributed by atoms with Gasteiger partial charge < -0.3 is 11.5 Å². The van der Waals surface area contributed by atoms with Gasteiger partial charge in [-0.1, -0.05) is 12.1 Å². The lowest BCUT2D eigenvalue weighted by Gasteiger charge is -2.10. The first-order valence-corrected chi connectivity index (χ1v) is 4.35. The molecule has 0 saturated heterocycles. The van der Waals surface area contributed by atoms with E-state index < -0.39 is 6.04 Å². The Labute approximate surface area is 91.0 Å². The van der Waals surface area contributed by atoms with Gasteiger partial charge in [-0.15, -0.1) is 12.4 Å². The van der Waals surface area contributed by atoms with Crippen LogP contribution in [0.5, 0.6) is 0 Å². The van der Waals surface area contributed by atoms with Crippen LogP contribution < -0.4 is 11.5 Å². The molecule has 4 N–H and O–H groups in total. The van der Waals surface area contributed by atoms with Crippen LogP contribution in [0, 0.1) is 5.82 Å². The Morgan fingerprint density at radius 3 is 2.62 bits per heavy atom. The maximum absolute atomic E-state index is 13.3. The third-order valence-corrected chi connectivity index (χ3v) is 2.25. The molecule has 1 rings (SSSR count). The molecule has 0 amide bonds. The maximum Gasteiger partial charge on any atom is 0.142 e. The second kappa shape index (κ2) is 5.54. The molecule has 74 valence electrons. The Morgan fingerprint density at radius 1 is 1.46 bits per heavy atom. The number of benzene rings is 1. The van der Waals surface area contributed by atoms with E-state index in [0.717, 1.165) is 0 Å². The van der Waals surface area contributed by atoms with Crippen molar-refractivity contribution < 1.29 is 4.39 Å². The van der Waals surface area contributed by atoms with E-state index in [2.05, 4.69) is 15.9 Å². The summed E-state index contributed by atoms with van der Waals surface area (Å²) in [5.74, 6) is -0.324. The summed E-state index contributed by atoms with van der Waals surface area (Å²) in [6.45, 7) is 0.243. The fraction of sp³-hybridized carbons (Fsp3) is 0.250. The lowest BCUT2D eigenvalue weighted by atomic mass is 10.1. The van der Waals surface area contributed by atoms with Crippen LogP contribution >= 0.6 is 28.3 Å². The highest BCUT2D eigenvalue weighted by molar-refractivity contribution is 9.10. The highest BCUT2D eigenvalue weighted by Crippen LogP contribution is 2.21. The normalized spacial score (nSPS) is 12.0. The molecular weight excluding hydrogens is 258 g/mol. The van der Waals surface area contributed by atoms with Crippen LogP contribution in [-0.2, 0) is 0 Å². The summed E-state index contributed by atoms with van der Waals surface area (Å²) in [5.41, 5.74) is 11.3. The molecule has 0 spiro atoms. The van der Waals surface area contributed by atoms with Crippen LogP contribution in [0.3, 0.4) is 0 Å². The van der Waals surface area contributed by atoms with Crippen molar-refractivity contribution in [3.63, 3.8) is 0 Å². The molecule has 1 aromatic carbocycles. The minimum absolute atomic E-state index is 0. The van der Waals surface area contributed by atoms with E-state index in [1.807, 2.05) is 0 Å². The molecule has 2 nitrogen and oxygen atoms in total. The largest absolute Gasteiger partial charge is 0.329 e. The Hall–Kier alpha value is -0.160. The van der Waals surface area contributed by atoms with Gasteiger partial charge in [-0.05, 0) is 22.0 Å². The predicted molar refractivity (Wildman–Crippen MR) is 57.3 cm³/mol. The average molecular weight is 270 g/mol. The van der Waals surface area contributed by atoms with Crippen molar-refractivity contribution in [3.05, 3.63) is 34.1 Å². The van der Waals surface area contributed by atoms with Gasteiger partial charge in [0.05, 0.1) is 4.47 Å². The number of rotatable bonds is 2. The van der Waals surface area contributed by atoms with Gasteiger partial charge in [-0.2, -0.15) is 0 Å². The van der Waals surface area contributed by atoms with Crippen molar-refractivity contribution in [2.24, 2.45) is 11.5 Å². The van der Waals surface area contributed by atoms with E-state index >= 15 is 0 Å². The molecule has 0 bridgehead atoms. The average Bonchev–Trinajstić information content (AvgIpc) is 2.08. The van der Waals surface area contributed by atoms with E-state index in [-0.39, 0.29) is 24.8 Å². The minimum Gasteiger partial charge on any atom is -0.329 e. The van der Waals surface area contributed by atoms with Gasteiger partial charge in [-0.25, -0.2) is 4.39 Å². The van der Waals surface area contributed by atoms with Gasteiger partial charge in [0.15, 0.2) is 0 Å². The first-order valence-electron chi connectivity index (χ1n) is 3.56. The van der Waals surface area contributed by atoms with Gasteiger partial charge in [0, 0.05) is 18.2 Å². The van der Waals surface area contributed by atoms with Crippen LogP contribution in [0.25, 0.3) is 0 Å². The van der Waals surface area contributed by atoms with Crippen molar-refractivity contribution in [2.75, 3.05) is 6.54 Å². The highest BCUT2D eigenvalue weighted by Gasteiger charge is 2.11. The zero-order valence-corrected chi connectivity index (χ0v) is 9.24. The van der Waals surface area contributed by atoms with Crippen LogP contribution in [0.1, 0.15) is 11.6 Å². The third kappa shape index (κ3) is 2.91. The summed E-state index contributed by atoms with van der Waals surface area (Å²) in [6.07, 6.45) is 0. The Kier molecular flexibility index (Phi) is 5.48. The molecule has 5 heteroatoms. The second-order valence-corrected chi connectivity index (χ2v) is 3.34. The monoisotopic (exact) mass is 268 g/mol. The number of hydrogen-bond acceptors (Lipinski definition) is 2. The molecule has 0 unspecified atom stereocenters. The standard InChI is InChI=1S/C8H10BrFN2.ClH/c9-6-3-1-2-5(8(6)10)7(12)4-11;/h1-3,7H,4,11-12H2;1H/t7-;/m0./s1. The summed E-state index contributed by atoms with van der Waals surface area (Å²) in [4.78, 5) is 0. The molecule has 0 aliphatic rings. The summed E-state index contributed by atoms with van der Waals surface area (Å²) >= 11 is 3.07. The summed E-state index contributed by atoms with van der Waals surface area (Å²) in [7, 11) is 0. The van der Waals surface area contributed by atoms with Gasteiger partial charge in [0.25, 0.3) is 0 Å². The van der Waals surface area contributed by atoms with Crippen LogP contribution in [-0.4, -0.2) is 6.54 Å². The van der Waals surface area contributed by atoms with Crippen molar-refractivity contribution in [1.29, 1.82) is 0 Å². The first kappa shape index (κ1) is 12.8. The molecule has 13 heavy (non-hydrogen) atoms. The number of halogens is 3. The number of nitrogens with two attached hydrogens (primary N) is 2. The smallest absolute Gasteiger partial charge is 0.142 e. The second-order valence-electron chi connectivity index (χ2n) is 2.49. The predicted octanol–water partition coefficient (Wildman–Crippen LogP) is 1.97. The fourth-order valence-electron chi connectivity index (χ4n) is 0.934. The minimum atomic E-state index is -0.428. The van der Waals surface area contributed by atoms with Crippen molar-refractivity contribution in [2.45, 2.75) is 6.04 Å². The first-order chi connectivity index (χ1) is 5.66. The van der Waals surface area contributed by atoms with E-state index in [4.69, 9.17) is 11.5 Å². The molecule has 0 aromatic heterocycles. The molecule has 0 radical (unpaired) electrons. The summed E-state index contributed by atoms with van der Waals surface area (Å²) in [5, 5.41) is 0. The summed E-state index contributed by atoms with van der Waals surface area (Å²) < 4.78 is 13.7. The molecule has 0 heterocycles. The van der Waals surface area contributed by atoms with Crippen LogP contribution in [0.2, 0.25) is 0 Å². The van der Waals surface area contributed by atoms with E-state index in [1.165, 1.54) is 0 Å². The van der Waals surface area contributed by atoms with E-state index in [9.17, 15) is 4.39 Å². The van der Waals surface area contributed by atoms with E-state index in [0.29, 0.717) is 10.0 Å². The van der Waals surface area contributed by atoms with Gasteiger partial charge in [0.1, 0.15) is 5.82 Å². The molecule has 1 aromatic rings. The van der Waals surface area contributed by atoms with Crippen molar-refractivity contribution >= 4 is 28.3 Å². The Bertz CT molecular complexity index is 283. The fourth-order valence-corrected chi connectivity index (χ4v) is 1.32. The zero-order chi connectivity index (χ0) is 9.14. The highest BCUT2D eigenvalue weighted by atomic mass is 79.9.